The van der Waals surface area contributed by atoms with E-state index in [4.69, 9.17) is 0 Å². The van der Waals surface area contributed by atoms with Crippen LogP contribution in [0.3, 0.4) is 0 Å². The van der Waals surface area contributed by atoms with Crippen LogP contribution in [0.2, 0.25) is 0 Å². The number of rotatable bonds is 8. The third kappa shape index (κ3) is 5.59. The Bertz CT molecular complexity index is 967. The first-order valence-corrected chi connectivity index (χ1v) is 13.1. The minimum Gasteiger partial charge on any atom is -0.302 e. The highest BCUT2D eigenvalue weighted by Gasteiger charge is 2.27. The highest BCUT2D eigenvalue weighted by Crippen LogP contribution is 2.31. The Labute approximate surface area is 184 Å². The van der Waals surface area contributed by atoms with E-state index in [0.29, 0.717) is 23.7 Å². The number of carbonyl (C=O) groups excluding carboxylic acids is 1. The molecule has 1 heterocycles. The summed E-state index contributed by atoms with van der Waals surface area (Å²) in [5, 5.41) is 3.48. The first-order valence-electron chi connectivity index (χ1n) is 10.9. The van der Waals surface area contributed by atoms with Crippen molar-refractivity contribution in [2.75, 3.05) is 18.4 Å². The topological polar surface area (TPSA) is 79.4 Å². The second-order valence-corrected chi connectivity index (χ2v) is 12.1. The van der Waals surface area contributed by atoms with Crippen LogP contribution < -0.4 is 5.32 Å². The molecule has 6 nitrogen and oxygen atoms in total. The number of amides is 1. The van der Waals surface area contributed by atoms with Gasteiger partial charge in [0.05, 0.1) is 15.1 Å². The Balaban J connectivity index is 1.82. The molecule has 2 aromatic rings. The number of hydrogen-bond acceptors (Lipinski definition) is 5. The van der Waals surface area contributed by atoms with Gasteiger partial charge in [0, 0.05) is 19.0 Å². The van der Waals surface area contributed by atoms with E-state index in [-0.39, 0.29) is 28.6 Å². The van der Waals surface area contributed by atoms with Crippen LogP contribution in [0.1, 0.15) is 59.8 Å². The normalized spacial score (nSPS) is 16.1. The Morgan fingerprint density at radius 3 is 2.37 bits per heavy atom. The third-order valence-electron chi connectivity index (χ3n) is 5.34. The summed E-state index contributed by atoms with van der Waals surface area (Å²) in [6.45, 7) is 9.08. The minimum absolute atomic E-state index is 0.0293. The van der Waals surface area contributed by atoms with E-state index in [2.05, 4.69) is 10.3 Å². The molecule has 30 heavy (non-hydrogen) atoms. The lowest BCUT2D eigenvalue weighted by Gasteiger charge is -2.25. The molecule has 1 aromatic carbocycles. The standard InChI is InChI=1S/C22H33N3O3S2/c1-15(2)13-25(14-16(3)4)30(27,28)18-10-11-19-20(12-18)29-22(23-19)24-21(26)17-8-6-5-7-9-17/h10-12,15-17H,5-9,13-14H2,1-4H3,(H,23,24,26). The Morgan fingerprint density at radius 1 is 1.13 bits per heavy atom. The lowest BCUT2D eigenvalue weighted by molar-refractivity contribution is -0.120. The van der Waals surface area contributed by atoms with Crippen LogP contribution in [0.15, 0.2) is 23.1 Å². The number of hydrogen-bond donors (Lipinski definition) is 1. The quantitative estimate of drug-likeness (QED) is 0.604. The Kier molecular flexibility index (Phi) is 7.52. The summed E-state index contributed by atoms with van der Waals surface area (Å²) in [7, 11) is -3.59. The molecule has 0 radical (unpaired) electrons. The van der Waals surface area contributed by atoms with Gasteiger partial charge in [-0.2, -0.15) is 4.31 Å². The highest BCUT2D eigenvalue weighted by molar-refractivity contribution is 7.89. The predicted molar refractivity (Wildman–Crippen MR) is 123 cm³/mol. The van der Waals surface area contributed by atoms with Gasteiger partial charge in [-0.25, -0.2) is 13.4 Å². The molecule has 0 aliphatic heterocycles. The first kappa shape index (κ1) is 23.2. The number of sulfonamides is 1. The summed E-state index contributed by atoms with van der Waals surface area (Å²) >= 11 is 1.33. The Hall–Kier alpha value is -1.51. The maximum Gasteiger partial charge on any atom is 0.243 e. The van der Waals surface area contributed by atoms with Crippen molar-refractivity contribution >= 4 is 42.6 Å². The van der Waals surface area contributed by atoms with Crippen molar-refractivity contribution in [1.82, 2.24) is 9.29 Å². The number of anilines is 1. The summed E-state index contributed by atoms with van der Waals surface area (Å²) in [6, 6.07) is 5.04. The van der Waals surface area contributed by atoms with Crippen molar-refractivity contribution in [3.05, 3.63) is 18.2 Å². The van der Waals surface area contributed by atoms with Gasteiger partial charge in [0.25, 0.3) is 0 Å². The lowest BCUT2D eigenvalue weighted by Crippen LogP contribution is -2.37. The number of fused-ring (bicyclic) bond motifs is 1. The van der Waals surface area contributed by atoms with Crippen molar-refractivity contribution in [2.24, 2.45) is 17.8 Å². The lowest BCUT2D eigenvalue weighted by atomic mass is 9.89. The third-order valence-corrected chi connectivity index (χ3v) is 8.10. The van der Waals surface area contributed by atoms with Crippen LogP contribution in [-0.4, -0.2) is 36.7 Å². The van der Waals surface area contributed by atoms with Gasteiger partial charge in [0.15, 0.2) is 5.13 Å². The maximum atomic E-state index is 13.3. The van der Waals surface area contributed by atoms with Gasteiger partial charge in [-0.15, -0.1) is 0 Å². The number of carbonyl (C=O) groups is 1. The van der Waals surface area contributed by atoms with E-state index in [1.54, 1.807) is 22.5 Å². The molecule has 1 saturated carbocycles. The monoisotopic (exact) mass is 451 g/mol. The van der Waals surface area contributed by atoms with Gasteiger partial charge >= 0.3 is 0 Å². The fraction of sp³-hybridized carbons (Fsp3) is 0.636. The molecule has 1 aliphatic rings. The largest absolute Gasteiger partial charge is 0.302 e. The van der Waals surface area contributed by atoms with Crippen molar-refractivity contribution in [3.8, 4) is 0 Å². The van der Waals surface area contributed by atoms with E-state index >= 15 is 0 Å². The molecule has 166 valence electrons. The Morgan fingerprint density at radius 2 is 1.77 bits per heavy atom. The average molecular weight is 452 g/mol. The van der Waals surface area contributed by atoms with Crippen LogP contribution in [0.5, 0.6) is 0 Å². The SMILES string of the molecule is CC(C)CN(CC(C)C)S(=O)(=O)c1ccc2nc(NC(=O)C3CCCCC3)sc2c1. The van der Waals surface area contributed by atoms with Crippen molar-refractivity contribution in [1.29, 1.82) is 0 Å². The zero-order valence-electron chi connectivity index (χ0n) is 18.3. The van der Waals surface area contributed by atoms with Crippen LogP contribution in [0.25, 0.3) is 10.2 Å². The summed E-state index contributed by atoms with van der Waals surface area (Å²) in [6.07, 6.45) is 5.26. The smallest absolute Gasteiger partial charge is 0.243 e. The number of benzene rings is 1. The van der Waals surface area contributed by atoms with Crippen LogP contribution in [-0.2, 0) is 14.8 Å². The number of nitrogens with zero attached hydrogens (tertiary/aromatic N) is 2. The molecule has 1 fully saturated rings. The molecule has 1 N–H and O–H groups in total. The molecule has 8 heteroatoms. The second-order valence-electron chi connectivity index (χ2n) is 9.08. The molecule has 1 amide bonds. The van der Waals surface area contributed by atoms with Crippen LogP contribution in [0, 0.1) is 17.8 Å². The van der Waals surface area contributed by atoms with E-state index in [1.807, 2.05) is 27.7 Å². The number of thiazole rings is 1. The molecule has 0 spiro atoms. The number of aromatic nitrogens is 1. The number of nitrogens with one attached hydrogen (secondary N) is 1. The van der Waals surface area contributed by atoms with Gasteiger partial charge in [0.2, 0.25) is 15.9 Å². The van der Waals surface area contributed by atoms with Crippen molar-refractivity contribution in [3.63, 3.8) is 0 Å². The van der Waals surface area contributed by atoms with E-state index in [9.17, 15) is 13.2 Å². The highest BCUT2D eigenvalue weighted by atomic mass is 32.2. The zero-order valence-corrected chi connectivity index (χ0v) is 20.0. The van der Waals surface area contributed by atoms with Gasteiger partial charge in [-0.05, 0) is 42.9 Å². The fourth-order valence-electron chi connectivity index (χ4n) is 3.93. The van der Waals surface area contributed by atoms with Crippen LogP contribution >= 0.6 is 11.3 Å². The van der Waals surface area contributed by atoms with Gasteiger partial charge in [-0.3, -0.25) is 4.79 Å². The molecular formula is C22H33N3O3S2. The predicted octanol–water partition coefficient (Wildman–Crippen LogP) is 5.12. The van der Waals surface area contributed by atoms with E-state index in [0.717, 1.165) is 30.4 Å². The summed E-state index contributed by atoms with van der Waals surface area (Å²) in [4.78, 5) is 17.3. The molecular weight excluding hydrogens is 418 g/mol. The minimum atomic E-state index is -3.59. The van der Waals surface area contributed by atoms with Gasteiger partial charge in [-0.1, -0.05) is 58.3 Å². The summed E-state index contributed by atoms with van der Waals surface area (Å²) < 4.78 is 28.9. The van der Waals surface area contributed by atoms with E-state index < -0.39 is 10.0 Å². The molecule has 3 rings (SSSR count). The molecule has 1 aromatic heterocycles. The molecule has 0 unspecified atom stereocenters. The average Bonchev–Trinajstić information content (AvgIpc) is 3.08. The maximum absolute atomic E-state index is 13.3. The second kappa shape index (κ2) is 9.75. The fourth-order valence-corrected chi connectivity index (χ4v) is 6.70. The van der Waals surface area contributed by atoms with Crippen molar-refractivity contribution in [2.45, 2.75) is 64.7 Å². The summed E-state index contributed by atoms with van der Waals surface area (Å²) in [5.74, 6) is 0.573. The van der Waals surface area contributed by atoms with Gasteiger partial charge < -0.3 is 5.32 Å². The summed E-state index contributed by atoms with van der Waals surface area (Å²) in [5.41, 5.74) is 0.706. The van der Waals surface area contributed by atoms with Gasteiger partial charge in [0.1, 0.15) is 0 Å². The molecule has 0 saturated heterocycles. The zero-order chi connectivity index (χ0) is 21.9. The van der Waals surface area contributed by atoms with Crippen molar-refractivity contribution < 1.29 is 13.2 Å². The van der Waals surface area contributed by atoms with E-state index in [1.165, 1.54) is 17.8 Å². The molecule has 0 bridgehead atoms. The molecule has 1 aliphatic carbocycles. The molecule has 0 atom stereocenters. The first-order chi connectivity index (χ1) is 14.2. The van der Waals surface area contributed by atoms with Crippen LogP contribution in [0.4, 0.5) is 5.13 Å².